The number of hydrogen-bond acceptors (Lipinski definition) is 4. The van der Waals surface area contributed by atoms with Crippen molar-refractivity contribution in [2.45, 2.75) is 13.5 Å². The number of fused-ring (bicyclic) bond motifs is 1. The van der Waals surface area contributed by atoms with Crippen LogP contribution in [0.3, 0.4) is 0 Å². The van der Waals surface area contributed by atoms with Crippen LogP contribution in [0.5, 0.6) is 5.75 Å². The third kappa shape index (κ3) is 1.88. The summed E-state index contributed by atoms with van der Waals surface area (Å²) in [5.41, 5.74) is 9.84. The molecule has 0 saturated heterocycles. The minimum absolute atomic E-state index is 0.431. The lowest BCUT2D eigenvalue weighted by molar-refractivity contribution is 0.419. The zero-order valence-corrected chi connectivity index (χ0v) is 11.3. The van der Waals surface area contributed by atoms with Gasteiger partial charge in [0, 0.05) is 26.0 Å². The lowest BCUT2D eigenvalue weighted by Crippen LogP contribution is -2.14. The van der Waals surface area contributed by atoms with Gasteiger partial charge >= 0.3 is 0 Å². The summed E-state index contributed by atoms with van der Waals surface area (Å²) in [6.07, 6.45) is 0. The van der Waals surface area contributed by atoms with Gasteiger partial charge < -0.3 is 15.4 Å². The van der Waals surface area contributed by atoms with E-state index in [1.165, 1.54) is 0 Å². The molecule has 1 heterocycles. The van der Waals surface area contributed by atoms with Gasteiger partial charge in [0.25, 0.3) is 0 Å². The number of pyridine rings is 1. The van der Waals surface area contributed by atoms with Crippen LogP contribution in [-0.2, 0) is 6.54 Å². The molecule has 0 spiro atoms. The number of rotatable bonds is 3. The fraction of sp³-hybridized carbons (Fsp3) is 0.357. The maximum absolute atomic E-state index is 5.78. The van der Waals surface area contributed by atoms with Crippen molar-refractivity contribution in [2.75, 3.05) is 26.1 Å². The van der Waals surface area contributed by atoms with E-state index < -0.39 is 0 Å². The summed E-state index contributed by atoms with van der Waals surface area (Å²) in [5, 5.41) is 1.09. The molecule has 0 atom stereocenters. The molecule has 4 heteroatoms. The smallest absolute Gasteiger partial charge is 0.145 e. The van der Waals surface area contributed by atoms with Gasteiger partial charge in [-0.15, -0.1) is 0 Å². The number of nitrogens with two attached hydrogens (primary N) is 1. The number of methoxy groups -OCH3 is 1. The molecule has 0 amide bonds. The molecule has 0 bridgehead atoms. The Morgan fingerprint density at radius 1 is 1.33 bits per heavy atom. The van der Waals surface area contributed by atoms with Crippen molar-refractivity contribution < 1.29 is 4.74 Å². The molecule has 4 nitrogen and oxygen atoms in total. The number of hydrogen-bond donors (Lipinski definition) is 1. The normalized spacial score (nSPS) is 10.7. The van der Waals surface area contributed by atoms with Gasteiger partial charge in [0.1, 0.15) is 11.3 Å². The second-order valence-corrected chi connectivity index (χ2v) is 4.49. The Labute approximate surface area is 107 Å². The number of para-hydroxylation sites is 1. The van der Waals surface area contributed by atoms with E-state index in [0.717, 1.165) is 33.6 Å². The van der Waals surface area contributed by atoms with Crippen molar-refractivity contribution in [3.63, 3.8) is 0 Å². The monoisotopic (exact) mass is 245 g/mol. The van der Waals surface area contributed by atoms with Crippen molar-refractivity contribution >= 4 is 16.6 Å². The quantitative estimate of drug-likeness (QED) is 0.899. The maximum atomic E-state index is 5.78. The average Bonchev–Trinajstić information content (AvgIpc) is 2.36. The predicted molar refractivity (Wildman–Crippen MR) is 75.3 cm³/mol. The van der Waals surface area contributed by atoms with E-state index in [4.69, 9.17) is 10.5 Å². The summed E-state index contributed by atoms with van der Waals surface area (Å²) in [4.78, 5) is 6.73. The number of ether oxygens (including phenoxy) is 1. The predicted octanol–water partition coefficient (Wildman–Crippen LogP) is 2.08. The van der Waals surface area contributed by atoms with Gasteiger partial charge in [-0.1, -0.05) is 12.1 Å². The van der Waals surface area contributed by atoms with Crippen LogP contribution < -0.4 is 15.4 Å². The van der Waals surface area contributed by atoms with E-state index in [-0.39, 0.29) is 0 Å². The molecule has 96 valence electrons. The Balaban J connectivity index is 2.90. The Morgan fingerprint density at radius 2 is 2.06 bits per heavy atom. The first kappa shape index (κ1) is 12.6. The van der Waals surface area contributed by atoms with E-state index in [1.54, 1.807) is 7.11 Å². The van der Waals surface area contributed by atoms with E-state index in [9.17, 15) is 0 Å². The first-order chi connectivity index (χ1) is 8.60. The molecule has 1 aromatic carbocycles. The van der Waals surface area contributed by atoms with E-state index in [0.29, 0.717) is 6.54 Å². The highest BCUT2D eigenvalue weighted by molar-refractivity contribution is 5.97. The van der Waals surface area contributed by atoms with Crippen molar-refractivity contribution in [3.05, 3.63) is 29.5 Å². The average molecular weight is 245 g/mol. The van der Waals surface area contributed by atoms with Crippen LogP contribution in [-0.4, -0.2) is 26.2 Å². The molecular formula is C14H19N3O. The van der Waals surface area contributed by atoms with E-state index in [1.807, 2.05) is 26.2 Å². The summed E-state index contributed by atoms with van der Waals surface area (Å²) in [7, 11) is 5.72. The summed E-state index contributed by atoms with van der Waals surface area (Å²) in [6.45, 7) is 2.49. The van der Waals surface area contributed by atoms with Crippen LogP contribution in [0, 0.1) is 6.92 Å². The van der Waals surface area contributed by atoms with Gasteiger partial charge in [0.15, 0.2) is 0 Å². The number of benzene rings is 1. The molecule has 2 rings (SSSR count). The highest BCUT2D eigenvalue weighted by atomic mass is 16.5. The lowest BCUT2D eigenvalue weighted by Gasteiger charge is -2.21. The highest BCUT2D eigenvalue weighted by Gasteiger charge is 2.14. The Kier molecular flexibility index (Phi) is 3.39. The van der Waals surface area contributed by atoms with Crippen molar-refractivity contribution in [1.29, 1.82) is 0 Å². The molecule has 0 aliphatic rings. The largest absolute Gasteiger partial charge is 0.494 e. The SMILES string of the molecule is COc1cccc2c(N(C)C)c(C)c(CN)nc12. The molecule has 0 aliphatic carbocycles. The fourth-order valence-electron chi connectivity index (χ4n) is 2.33. The van der Waals surface area contributed by atoms with Crippen LogP contribution >= 0.6 is 0 Å². The van der Waals surface area contributed by atoms with Crippen LogP contribution in [0.2, 0.25) is 0 Å². The highest BCUT2D eigenvalue weighted by Crippen LogP contribution is 2.34. The summed E-state index contributed by atoms with van der Waals surface area (Å²) >= 11 is 0. The van der Waals surface area contributed by atoms with E-state index in [2.05, 4.69) is 22.9 Å². The van der Waals surface area contributed by atoms with Crippen LogP contribution in [0.15, 0.2) is 18.2 Å². The molecule has 18 heavy (non-hydrogen) atoms. The minimum atomic E-state index is 0.431. The summed E-state index contributed by atoms with van der Waals surface area (Å²) < 4.78 is 5.38. The maximum Gasteiger partial charge on any atom is 0.145 e. The van der Waals surface area contributed by atoms with Gasteiger partial charge in [-0.3, -0.25) is 0 Å². The molecule has 0 radical (unpaired) electrons. The Hall–Kier alpha value is -1.81. The first-order valence-corrected chi connectivity index (χ1v) is 5.93. The molecule has 1 aromatic heterocycles. The summed E-state index contributed by atoms with van der Waals surface area (Å²) in [6, 6.07) is 5.97. The van der Waals surface area contributed by atoms with Gasteiger partial charge in [0.05, 0.1) is 18.5 Å². The van der Waals surface area contributed by atoms with Gasteiger partial charge in [0.2, 0.25) is 0 Å². The standard InChI is InChI=1S/C14H19N3O/c1-9-11(8-15)16-13-10(14(9)17(2)3)6-5-7-12(13)18-4/h5-7H,8,15H2,1-4H3. The van der Waals surface area contributed by atoms with Crippen molar-refractivity contribution in [2.24, 2.45) is 5.73 Å². The summed E-state index contributed by atoms with van der Waals surface area (Å²) in [5.74, 6) is 0.783. The Morgan fingerprint density at radius 3 is 2.61 bits per heavy atom. The lowest BCUT2D eigenvalue weighted by atomic mass is 10.1. The molecule has 0 saturated carbocycles. The van der Waals surface area contributed by atoms with Crippen LogP contribution in [0.25, 0.3) is 10.9 Å². The third-order valence-corrected chi connectivity index (χ3v) is 3.15. The second kappa shape index (κ2) is 4.82. The van der Waals surface area contributed by atoms with Gasteiger partial charge in [-0.25, -0.2) is 4.98 Å². The Bertz CT molecular complexity index is 579. The van der Waals surface area contributed by atoms with Crippen LogP contribution in [0.4, 0.5) is 5.69 Å². The van der Waals surface area contributed by atoms with Crippen molar-refractivity contribution in [1.82, 2.24) is 4.98 Å². The zero-order valence-electron chi connectivity index (χ0n) is 11.3. The van der Waals surface area contributed by atoms with Crippen LogP contribution in [0.1, 0.15) is 11.3 Å². The molecule has 0 fully saturated rings. The molecule has 0 aliphatic heterocycles. The second-order valence-electron chi connectivity index (χ2n) is 4.49. The van der Waals surface area contributed by atoms with Crippen molar-refractivity contribution in [3.8, 4) is 5.75 Å². The van der Waals surface area contributed by atoms with Gasteiger partial charge in [-0.05, 0) is 18.6 Å². The van der Waals surface area contributed by atoms with E-state index >= 15 is 0 Å². The zero-order chi connectivity index (χ0) is 13.3. The first-order valence-electron chi connectivity index (χ1n) is 5.93. The number of nitrogens with zero attached hydrogens (tertiary/aromatic N) is 2. The molecule has 2 N–H and O–H groups in total. The number of aromatic nitrogens is 1. The fourth-order valence-corrected chi connectivity index (χ4v) is 2.33. The molecular weight excluding hydrogens is 226 g/mol. The minimum Gasteiger partial charge on any atom is -0.494 e. The molecule has 2 aromatic rings. The topological polar surface area (TPSA) is 51.4 Å². The molecule has 0 unspecified atom stereocenters. The third-order valence-electron chi connectivity index (χ3n) is 3.15. The number of anilines is 1. The van der Waals surface area contributed by atoms with Gasteiger partial charge in [-0.2, -0.15) is 0 Å².